The molecular weight excluding hydrogens is 266 g/mol. The van der Waals surface area contributed by atoms with Gasteiger partial charge in [-0.25, -0.2) is 4.68 Å². The molecule has 1 amide bonds. The largest absolute Gasteiger partial charge is 0.379 e. The molecule has 1 saturated heterocycles. The van der Waals surface area contributed by atoms with Crippen molar-refractivity contribution >= 4 is 5.91 Å². The van der Waals surface area contributed by atoms with E-state index in [1.165, 1.54) is 0 Å². The fraction of sp³-hybridized carbons (Fsp3) is 0.375. The summed E-state index contributed by atoms with van der Waals surface area (Å²) in [6.07, 6.45) is 3.69. The number of nitrogens with zero attached hydrogens (tertiary/aromatic N) is 2. The SMILES string of the molecule is CC1(NC(=O)c2ccn(-c3ccccc3)n2)CCCOC1. The van der Waals surface area contributed by atoms with Gasteiger partial charge >= 0.3 is 0 Å². The van der Waals surface area contributed by atoms with Crippen LogP contribution in [0.4, 0.5) is 0 Å². The summed E-state index contributed by atoms with van der Waals surface area (Å²) in [5.41, 5.74) is 1.06. The van der Waals surface area contributed by atoms with Crippen LogP contribution in [0.15, 0.2) is 42.6 Å². The standard InChI is InChI=1S/C16H19N3O2/c1-16(9-5-11-21-12-16)17-15(20)14-8-10-19(18-14)13-6-3-2-4-7-13/h2-4,6-8,10H,5,9,11-12H2,1H3,(H,17,20). The van der Waals surface area contributed by atoms with Crippen LogP contribution in [0.1, 0.15) is 30.3 Å². The lowest BCUT2D eigenvalue weighted by molar-refractivity contribution is 0.0271. The van der Waals surface area contributed by atoms with Crippen molar-refractivity contribution in [1.29, 1.82) is 0 Å². The summed E-state index contributed by atoms with van der Waals surface area (Å²) in [6, 6.07) is 11.5. The van der Waals surface area contributed by atoms with Crippen molar-refractivity contribution in [1.82, 2.24) is 15.1 Å². The van der Waals surface area contributed by atoms with Gasteiger partial charge in [0, 0.05) is 12.8 Å². The first-order valence-corrected chi connectivity index (χ1v) is 7.18. The van der Waals surface area contributed by atoms with E-state index in [1.54, 1.807) is 16.9 Å². The molecule has 5 heteroatoms. The van der Waals surface area contributed by atoms with Crippen LogP contribution >= 0.6 is 0 Å². The number of para-hydroxylation sites is 1. The molecular formula is C16H19N3O2. The number of benzene rings is 1. The first kappa shape index (κ1) is 13.8. The van der Waals surface area contributed by atoms with Crippen LogP contribution in [-0.4, -0.2) is 34.4 Å². The van der Waals surface area contributed by atoms with Gasteiger partial charge in [0.05, 0.1) is 17.8 Å². The molecule has 1 aliphatic heterocycles. The van der Waals surface area contributed by atoms with Gasteiger partial charge < -0.3 is 10.1 Å². The third-order valence-corrected chi connectivity index (χ3v) is 3.70. The topological polar surface area (TPSA) is 56.2 Å². The Morgan fingerprint density at radius 3 is 2.86 bits per heavy atom. The molecule has 0 spiro atoms. The van der Waals surface area contributed by atoms with Crippen molar-refractivity contribution in [2.45, 2.75) is 25.3 Å². The molecule has 1 aliphatic rings. The van der Waals surface area contributed by atoms with Gasteiger partial charge in [0.25, 0.3) is 5.91 Å². The van der Waals surface area contributed by atoms with E-state index in [9.17, 15) is 4.79 Å². The van der Waals surface area contributed by atoms with Crippen LogP contribution < -0.4 is 5.32 Å². The molecule has 110 valence electrons. The smallest absolute Gasteiger partial charge is 0.272 e. The summed E-state index contributed by atoms with van der Waals surface area (Å²) >= 11 is 0. The summed E-state index contributed by atoms with van der Waals surface area (Å²) in [7, 11) is 0. The van der Waals surface area contributed by atoms with Gasteiger partial charge in [0.1, 0.15) is 0 Å². The van der Waals surface area contributed by atoms with E-state index in [0.717, 1.165) is 25.1 Å². The quantitative estimate of drug-likeness (QED) is 0.940. The number of hydrogen-bond donors (Lipinski definition) is 1. The molecule has 1 N–H and O–H groups in total. The first-order valence-electron chi connectivity index (χ1n) is 7.18. The van der Waals surface area contributed by atoms with Crippen molar-refractivity contribution < 1.29 is 9.53 Å². The maximum atomic E-state index is 12.3. The summed E-state index contributed by atoms with van der Waals surface area (Å²) in [6.45, 7) is 3.34. The lowest BCUT2D eigenvalue weighted by atomic mass is 9.95. The summed E-state index contributed by atoms with van der Waals surface area (Å²) < 4.78 is 7.16. The van der Waals surface area contributed by atoms with E-state index in [2.05, 4.69) is 10.4 Å². The Labute approximate surface area is 123 Å². The number of amides is 1. The van der Waals surface area contributed by atoms with Crippen molar-refractivity contribution in [2.75, 3.05) is 13.2 Å². The average molecular weight is 285 g/mol. The summed E-state index contributed by atoms with van der Waals surface area (Å²) in [5, 5.41) is 7.38. The van der Waals surface area contributed by atoms with Crippen LogP contribution in [0.2, 0.25) is 0 Å². The van der Waals surface area contributed by atoms with Gasteiger partial charge in [-0.05, 0) is 38.0 Å². The zero-order valence-corrected chi connectivity index (χ0v) is 12.1. The van der Waals surface area contributed by atoms with Crippen molar-refractivity contribution in [3.8, 4) is 5.69 Å². The fourth-order valence-corrected chi connectivity index (χ4v) is 2.54. The second-order valence-corrected chi connectivity index (χ2v) is 5.65. The molecule has 3 rings (SSSR count). The third-order valence-electron chi connectivity index (χ3n) is 3.70. The van der Waals surface area contributed by atoms with Crippen molar-refractivity contribution in [3.05, 3.63) is 48.3 Å². The Balaban J connectivity index is 1.72. The van der Waals surface area contributed by atoms with Crippen LogP contribution in [0.5, 0.6) is 0 Å². The highest BCUT2D eigenvalue weighted by molar-refractivity contribution is 5.92. The Bertz CT molecular complexity index is 615. The highest BCUT2D eigenvalue weighted by atomic mass is 16.5. The van der Waals surface area contributed by atoms with E-state index in [-0.39, 0.29) is 11.4 Å². The van der Waals surface area contributed by atoms with E-state index in [4.69, 9.17) is 4.74 Å². The molecule has 1 aromatic heterocycles. The normalized spacial score (nSPS) is 22.0. The Morgan fingerprint density at radius 1 is 1.33 bits per heavy atom. The minimum Gasteiger partial charge on any atom is -0.379 e. The summed E-state index contributed by atoms with van der Waals surface area (Å²) in [4.78, 5) is 12.3. The van der Waals surface area contributed by atoms with Crippen LogP contribution in [-0.2, 0) is 4.74 Å². The molecule has 0 aliphatic carbocycles. The number of ether oxygens (including phenoxy) is 1. The molecule has 0 radical (unpaired) electrons. The number of hydrogen-bond acceptors (Lipinski definition) is 3. The van der Waals surface area contributed by atoms with E-state index in [1.807, 2.05) is 37.3 Å². The van der Waals surface area contributed by atoms with Crippen molar-refractivity contribution in [2.24, 2.45) is 0 Å². The molecule has 1 aromatic carbocycles. The van der Waals surface area contributed by atoms with E-state index < -0.39 is 0 Å². The lowest BCUT2D eigenvalue weighted by Gasteiger charge is -2.33. The first-order chi connectivity index (χ1) is 10.2. The molecule has 21 heavy (non-hydrogen) atoms. The Morgan fingerprint density at radius 2 is 2.14 bits per heavy atom. The lowest BCUT2D eigenvalue weighted by Crippen LogP contribution is -2.51. The predicted molar refractivity (Wildman–Crippen MR) is 79.5 cm³/mol. The number of nitrogens with one attached hydrogen (secondary N) is 1. The predicted octanol–water partition coefficient (Wildman–Crippen LogP) is 2.17. The van der Waals surface area contributed by atoms with Crippen LogP contribution in [0.3, 0.4) is 0 Å². The summed E-state index contributed by atoms with van der Waals surface area (Å²) in [5.74, 6) is -0.155. The molecule has 1 atom stereocenters. The number of carbonyl (C=O) groups excluding carboxylic acids is 1. The third kappa shape index (κ3) is 3.13. The fourth-order valence-electron chi connectivity index (χ4n) is 2.54. The molecule has 2 heterocycles. The molecule has 1 fully saturated rings. The van der Waals surface area contributed by atoms with Crippen molar-refractivity contribution in [3.63, 3.8) is 0 Å². The highest BCUT2D eigenvalue weighted by Gasteiger charge is 2.30. The second kappa shape index (κ2) is 5.69. The van der Waals surface area contributed by atoms with Gasteiger partial charge in [0.2, 0.25) is 0 Å². The minimum atomic E-state index is -0.300. The van der Waals surface area contributed by atoms with Gasteiger partial charge in [-0.15, -0.1) is 0 Å². The maximum Gasteiger partial charge on any atom is 0.272 e. The zero-order valence-electron chi connectivity index (χ0n) is 12.1. The van der Waals surface area contributed by atoms with Gasteiger partial charge in [0.15, 0.2) is 5.69 Å². The average Bonchev–Trinajstić information content (AvgIpc) is 2.98. The number of aromatic nitrogens is 2. The second-order valence-electron chi connectivity index (χ2n) is 5.65. The molecule has 0 bridgehead atoms. The minimum absolute atomic E-state index is 0.155. The van der Waals surface area contributed by atoms with Gasteiger partial charge in [-0.2, -0.15) is 5.10 Å². The number of rotatable bonds is 3. The monoisotopic (exact) mass is 285 g/mol. The van der Waals surface area contributed by atoms with Crippen LogP contribution in [0, 0.1) is 0 Å². The molecule has 0 saturated carbocycles. The molecule has 5 nitrogen and oxygen atoms in total. The Kier molecular flexibility index (Phi) is 3.75. The maximum absolute atomic E-state index is 12.3. The van der Waals surface area contributed by atoms with Gasteiger partial charge in [-0.3, -0.25) is 4.79 Å². The highest BCUT2D eigenvalue weighted by Crippen LogP contribution is 2.19. The zero-order chi connectivity index (χ0) is 14.7. The molecule has 2 aromatic rings. The Hall–Kier alpha value is -2.14. The van der Waals surface area contributed by atoms with Gasteiger partial charge in [-0.1, -0.05) is 18.2 Å². The van der Waals surface area contributed by atoms with E-state index >= 15 is 0 Å². The van der Waals surface area contributed by atoms with E-state index in [0.29, 0.717) is 12.3 Å². The van der Waals surface area contributed by atoms with Crippen LogP contribution in [0.25, 0.3) is 5.69 Å². The molecule has 1 unspecified atom stereocenters. The number of carbonyl (C=O) groups is 1.